The number of carbonyl (C=O) groups is 2. The van der Waals surface area contributed by atoms with E-state index in [9.17, 15) is 9.59 Å². The van der Waals surface area contributed by atoms with Crippen LogP contribution in [-0.2, 0) is 49.3 Å². The van der Waals surface area contributed by atoms with Crippen LogP contribution in [0.4, 0.5) is 9.59 Å². The van der Waals surface area contributed by atoms with Gasteiger partial charge in [0.1, 0.15) is 11.2 Å². The highest BCUT2D eigenvalue weighted by Gasteiger charge is 2.40. The summed E-state index contributed by atoms with van der Waals surface area (Å²) >= 11 is 0. The maximum absolute atomic E-state index is 11.5. The van der Waals surface area contributed by atoms with E-state index < -0.39 is 49.8 Å². The zero-order valence-electron chi connectivity index (χ0n) is 36.4. The highest BCUT2D eigenvalue weighted by molar-refractivity contribution is 6.61. The highest BCUT2D eigenvalue weighted by Crippen LogP contribution is 2.19. The van der Waals surface area contributed by atoms with Gasteiger partial charge in [-0.1, -0.05) is 0 Å². The molecule has 0 fully saturated rings. The molecule has 0 saturated carbocycles. The van der Waals surface area contributed by atoms with E-state index in [1.165, 1.54) is 0 Å². The van der Waals surface area contributed by atoms with Gasteiger partial charge in [-0.15, -0.1) is 0 Å². The van der Waals surface area contributed by atoms with Crippen molar-refractivity contribution in [3.8, 4) is 0 Å². The second-order valence-electron chi connectivity index (χ2n) is 13.2. The van der Waals surface area contributed by atoms with E-state index in [0.717, 1.165) is 12.8 Å². The molecule has 0 aromatic heterocycles. The molecular formula is C35H80N2O13Si3. The first kappa shape index (κ1) is 56.2. The van der Waals surface area contributed by atoms with E-state index in [2.05, 4.69) is 10.6 Å². The lowest BCUT2D eigenvalue weighted by atomic mass is 10.2. The predicted molar refractivity (Wildman–Crippen MR) is 215 cm³/mol. The summed E-state index contributed by atoms with van der Waals surface area (Å²) in [6.07, 6.45) is 0.648. The van der Waals surface area contributed by atoms with Crippen LogP contribution in [0.3, 0.4) is 0 Å². The van der Waals surface area contributed by atoms with Crippen molar-refractivity contribution in [1.82, 2.24) is 10.6 Å². The van der Waals surface area contributed by atoms with Crippen molar-refractivity contribution in [3.05, 3.63) is 0 Å². The topological polar surface area (TPSA) is 160 Å². The fourth-order valence-corrected chi connectivity index (χ4v) is 11.6. The average Bonchev–Trinajstić information content (AvgIpc) is 3.02. The van der Waals surface area contributed by atoms with Crippen molar-refractivity contribution in [2.24, 2.45) is 0 Å². The fraction of sp³-hybridized carbons (Fsp3) is 0.943. The Kier molecular flexibility index (Phi) is 33.9. The smallest absolute Gasteiger partial charge is 0.444 e. The molecule has 0 rings (SSSR count). The van der Waals surface area contributed by atoms with E-state index in [4.69, 9.17) is 49.3 Å². The zero-order valence-corrected chi connectivity index (χ0v) is 39.4. The Morgan fingerprint density at radius 2 is 0.660 bits per heavy atom. The maximum atomic E-state index is 11.5. The quantitative estimate of drug-likeness (QED) is 0.0651. The monoisotopic (exact) mass is 820 g/mol. The van der Waals surface area contributed by atoms with Gasteiger partial charge in [0.15, 0.2) is 0 Å². The summed E-state index contributed by atoms with van der Waals surface area (Å²) < 4.78 is 61.1. The van der Waals surface area contributed by atoms with E-state index in [1.54, 1.807) is 0 Å². The number of alkyl carbamates (subject to hydrolysis) is 2. The second kappa shape index (κ2) is 32.0. The summed E-state index contributed by atoms with van der Waals surface area (Å²) in [5, 5.41) is 5.47. The van der Waals surface area contributed by atoms with Gasteiger partial charge in [0.05, 0.1) is 0 Å². The van der Waals surface area contributed by atoms with E-state index >= 15 is 0 Å². The van der Waals surface area contributed by atoms with Crippen LogP contribution in [-0.4, -0.2) is 122 Å². The first-order valence-corrected chi connectivity index (χ1v) is 25.5. The lowest BCUT2D eigenvalue weighted by molar-refractivity contribution is 0.0511. The molecule has 0 radical (unpaired) electrons. The van der Waals surface area contributed by atoms with Crippen molar-refractivity contribution in [1.29, 1.82) is 0 Å². The van der Waals surface area contributed by atoms with Gasteiger partial charge in [0, 0.05) is 91.2 Å². The van der Waals surface area contributed by atoms with Crippen LogP contribution in [0.25, 0.3) is 0 Å². The number of ether oxygens (including phenoxy) is 2. The van der Waals surface area contributed by atoms with E-state index in [0.29, 0.717) is 84.6 Å². The van der Waals surface area contributed by atoms with Gasteiger partial charge < -0.3 is 59.9 Å². The molecule has 0 heterocycles. The Labute approximate surface area is 326 Å². The predicted octanol–water partition coefficient (Wildman–Crippen LogP) is 7.56. The van der Waals surface area contributed by atoms with Crippen molar-refractivity contribution in [3.63, 3.8) is 0 Å². The molecule has 0 aromatic rings. The summed E-state index contributed by atoms with van der Waals surface area (Å²) in [5.41, 5.74) is -0.963. The van der Waals surface area contributed by atoms with Crippen LogP contribution in [0, 0.1) is 0 Å². The maximum Gasteiger partial charge on any atom is 0.500 e. The second-order valence-corrected chi connectivity index (χ2v) is 21.2. The molecule has 0 bridgehead atoms. The first-order valence-electron chi connectivity index (χ1n) is 19.4. The summed E-state index contributed by atoms with van der Waals surface area (Å²) in [6.45, 7) is 36.7. The van der Waals surface area contributed by atoms with Crippen LogP contribution >= 0.6 is 0 Å². The summed E-state index contributed by atoms with van der Waals surface area (Å²) in [6, 6.07) is 1.36. The lowest BCUT2D eigenvalue weighted by Gasteiger charge is -2.28. The molecule has 0 aliphatic carbocycles. The third-order valence-electron chi connectivity index (χ3n) is 6.06. The minimum atomic E-state index is -2.61. The van der Waals surface area contributed by atoms with Gasteiger partial charge in [0.25, 0.3) is 0 Å². The average molecular weight is 821 g/mol. The molecule has 0 unspecified atom stereocenters. The Hall–Kier alpha value is -1.17. The molecular weight excluding hydrogens is 741 g/mol. The molecule has 0 spiro atoms. The molecule has 18 heteroatoms. The van der Waals surface area contributed by atoms with Crippen LogP contribution in [0.1, 0.15) is 117 Å². The lowest BCUT2D eigenvalue weighted by Crippen LogP contribution is -2.46. The van der Waals surface area contributed by atoms with Gasteiger partial charge in [-0.3, -0.25) is 0 Å². The number of carbonyl (C=O) groups excluding carboxylic acids is 2. The molecule has 0 atom stereocenters. The van der Waals surface area contributed by atoms with Crippen molar-refractivity contribution >= 4 is 38.6 Å². The third-order valence-corrected chi connectivity index (χ3v) is 14.8. The van der Waals surface area contributed by atoms with Crippen LogP contribution < -0.4 is 10.6 Å². The molecule has 15 nitrogen and oxygen atoms in total. The molecule has 0 aliphatic heterocycles. The number of hydrogen-bond acceptors (Lipinski definition) is 13. The fourth-order valence-electron chi connectivity index (χ4n) is 4.53. The number of rotatable bonds is 26. The van der Waals surface area contributed by atoms with Gasteiger partial charge in [-0.05, 0) is 117 Å². The largest absolute Gasteiger partial charge is 0.500 e. The van der Waals surface area contributed by atoms with Gasteiger partial charge in [0.2, 0.25) is 0 Å². The van der Waals surface area contributed by atoms with Crippen molar-refractivity contribution < 1.29 is 58.9 Å². The Balaban J connectivity index is -0.000000744. The zero-order chi connectivity index (χ0) is 41.5. The molecule has 0 aromatic carbocycles. The summed E-state index contributed by atoms with van der Waals surface area (Å²) in [4.78, 5) is 23.1. The Morgan fingerprint density at radius 1 is 0.434 bits per heavy atom. The normalized spacial score (nSPS) is 12.2. The molecule has 0 aliphatic rings. The van der Waals surface area contributed by atoms with Crippen LogP contribution in [0.2, 0.25) is 18.6 Å². The Morgan fingerprint density at radius 3 is 0.849 bits per heavy atom. The van der Waals surface area contributed by atoms with E-state index in [-0.39, 0.29) is 0 Å². The SMILES string of the molecule is CCO[Si](C)(OCC)OCC.CCO[Si](CCCNC(=O)OC(C)(C)C)(OCC)OCC.CCO[Si](CCCNC(=O)OC(C)(C)C)(OCC)OCC. The van der Waals surface area contributed by atoms with Gasteiger partial charge in [-0.2, -0.15) is 0 Å². The number of hydrogen-bond donors (Lipinski definition) is 2. The Bertz CT molecular complexity index is 785. The first-order chi connectivity index (χ1) is 24.7. The summed E-state index contributed by atoms with van der Waals surface area (Å²) in [7, 11) is -7.46. The van der Waals surface area contributed by atoms with Gasteiger partial charge in [-0.25, -0.2) is 9.59 Å². The van der Waals surface area contributed by atoms with Crippen molar-refractivity contribution in [2.75, 3.05) is 72.6 Å². The van der Waals surface area contributed by atoms with Crippen molar-refractivity contribution in [2.45, 2.75) is 147 Å². The molecule has 2 N–H and O–H groups in total. The minimum Gasteiger partial charge on any atom is -0.444 e. The molecule has 2 amide bonds. The highest BCUT2D eigenvalue weighted by atomic mass is 28.4. The van der Waals surface area contributed by atoms with E-state index in [1.807, 2.05) is 110 Å². The molecule has 53 heavy (non-hydrogen) atoms. The molecule has 320 valence electrons. The standard InChI is InChI=1S/2C14H31NO5Si.C7H18O3Si/c2*1-7-17-21(18-8-2,19-9-3)12-10-11-15-13(16)20-14(4,5)6;1-5-8-11(4,9-6-2)10-7-3/h2*7-12H2,1-6H3,(H,15,16);5-7H2,1-4H3. The minimum absolute atomic E-state index is 0.404. The van der Waals surface area contributed by atoms with Gasteiger partial charge >= 0.3 is 38.6 Å². The third kappa shape index (κ3) is 32.8. The number of amides is 2. The van der Waals surface area contributed by atoms with Crippen LogP contribution in [0.5, 0.6) is 0 Å². The van der Waals surface area contributed by atoms with Crippen LogP contribution in [0.15, 0.2) is 0 Å². The molecule has 0 saturated heterocycles. The number of nitrogens with one attached hydrogen (secondary N) is 2. The summed E-state index contributed by atoms with van der Waals surface area (Å²) in [5.74, 6) is 0.